The van der Waals surface area contributed by atoms with E-state index in [2.05, 4.69) is 0 Å². The summed E-state index contributed by atoms with van der Waals surface area (Å²) in [5, 5.41) is 9.12. The largest absolute Gasteiger partial charge is 0.508 e. The van der Waals surface area contributed by atoms with Gasteiger partial charge in [-0.25, -0.2) is 0 Å². The lowest BCUT2D eigenvalue weighted by atomic mass is 10.1. The summed E-state index contributed by atoms with van der Waals surface area (Å²) >= 11 is 0. The molecule has 0 unspecified atom stereocenters. The van der Waals surface area contributed by atoms with Crippen LogP contribution in [-0.2, 0) is 11.3 Å². The van der Waals surface area contributed by atoms with Gasteiger partial charge in [0, 0.05) is 5.56 Å². The molecule has 0 bridgehead atoms. The number of phenols is 1. The van der Waals surface area contributed by atoms with Crippen molar-refractivity contribution in [3.05, 3.63) is 65.7 Å². The lowest BCUT2D eigenvalue weighted by Crippen LogP contribution is -2.08. The van der Waals surface area contributed by atoms with Gasteiger partial charge < -0.3 is 9.84 Å². The highest BCUT2D eigenvalue weighted by Crippen LogP contribution is 2.10. The fraction of sp³-hybridized carbons (Fsp3) is 0.133. The van der Waals surface area contributed by atoms with Crippen LogP contribution in [0.25, 0.3) is 0 Å². The van der Waals surface area contributed by atoms with Gasteiger partial charge in [-0.15, -0.1) is 0 Å². The third-order valence-corrected chi connectivity index (χ3v) is 2.53. The Balaban J connectivity index is 1.84. The molecule has 3 nitrogen and oxygen atoms in total. The zero-order chi connectivity index (χ0) is 12.8. The molecule has 92 valence electrons. The zero-order valence-corrected chi connectivity index (χ0v) is 9.87. The number of rotatable bonds is 5. The molecule has 0 fully saturated rings. The first-order chi connectivity index (χ1) is 8.75. The van der Waals surface area contributed by atoms with E-state index in [-0.39, 0.29) is 18.1 Å². The van der Waals surface area contributed by atoms with Gasteiger partial charge in [0.1, 0.15) is 12.4 Å². The van der Waals surface area contributed by atoms with Gasteiger partial charge in [0.15, 0.2) is 5.78 Å². The highest BCUT2D eigenvalue weighted by atomic mass is 16.5. The first-order valence-electron chi connectivity index (χ1n) is 5.69. The minimum Gasteiger partial charge on any atom is -0.508 e. The molecular formula is C15H14O3. The molecule has 0 saturated heterocycles. The number of carbonyl (C=O) groups is 1. The molecule has 0 amide bonds. The number of phenolic OH excluding ortho intramolecular Hbond substituents is 1. The van der Waals surface area contributed by atoms with E-state index in [1.807, 2.05) is 30.3 Å². The summed E-state index contributed by atoms with van der Waals surface area (Å²) < 4.78 is 5.35. The maximum absolute atomic E-state index is 11.7. The monoisotopic (exact) mass is 242 g/mol. The summed E-state index contributed by atoms with van der Waals surface area (Å²) in [6.45, 7) is 0.463. The van der Waals surface area contributed by atoms with Gasteiger partial charge in [-0.05, 0) is 29.8 Å². The maximum Gasteiger partial charge on any atom is 0.188 e. The van der Waals surface area contributed by atoms with Crippen molar-refractivity contribution in [1.29, 1.82) is 0 Å². The zero-order valence-electron chi connectivity index (χ0n) is 9.87. The molecule has 0 aromatic heterocycles. The second-order valence-electron chi connectivity index (χ2n) is 3.95. The number of aromatic hydroxyl groups is 1. The Hall–Kier alpha value is -2.13. The van der Waals surface area contributed by atoms with Crippen LogP contribution in [-0.4, -0.2) is 17.5 Å². The molecule has 0 radical (unpaired) electrons. The van der Waals surface area contributed by atoms with Crippen LogP contribution in [0.5, 0.6) is 5.75 Å². The van der Waals surface area contributed by atoms with Crippen molar-refractivity contribution in [2.45, 2.75) is 6.61 Å². The Morgan fingerprint density at radius 1 is 1.00 bits per heavy atom. The summed E-state index contributed by atoms with van der Waals surface area (Å²) in [7, 11) is 0. The van der Waals surface area contributed by atoms with Crippen molar-refractivity contribution >= 4 is 5.78 Å². The molecule has 0 saturated carbocycles. The molecule has 18 heavy (non-hydrogen) atoms. The van der Waals surface area contributed by atoms with Crippen molar-refractivity contribution in [2.75, 3.05) is 6.61 Å². The lowest BCUT2D eigenvalue weighted by molar-refractivity contribution is 0.0726. The Labute approximate surface area is 106 Å². The molecule has 1 N–H and O–H groups in total. The van der Waals surface area contributed by atoms with Gasteiger partial charge in [-0.2, -0.15) is 0 Å². The highest BCUT2D eigenvalue weighted by Gasteiger charge is 2.05. The van der Waals surface area contributed by atoms with Crippen LogP contribution in [0.1, 0.15) is 15.9 Å². The van der Waals surface area contributed by atoms with Crippen LogP contribution in [0, 0.1) is 0 Å². The summed E-state index contributed by atoms with van der Waals surface area (Å²) in [6.07, 6.45) is 0. The van der Waals surface area contributed by atoms with E-state index in [1.165, 1.54) is 12.1 Å². The SMILES string of the molecule is O=C(COCc1ccccc1)c1ccc(O)cc1. The Morgan fingerprint density at radius 2 is 1.67 bits per heavy atom. The predicted molar refractivity (Wildman–Crippen MR) is 68.5 cm³/mol. The summed E-state index contributed by atoms with van der Waals surface area (Å²) in [5.41, 5.74) is 1.58. The van der Waals surface area contributed by atoms with E-state index in [1.54, 1.807) is 12.1 Å². The second kappa shape index (κ2) is 5.98. The van der Waals surface area contributed by atoms with Gasteiger partial charge in [-0.1, -0.05) is 30.3 Å². The highest BCUT2D eigenvalue weighted by molar-refractivity contribution is 5.97. The lowest BCUT2D eigenvalue weighted by Gasteiger charge is -2.04. The van der Waals surface area contributed by atoms with Crippen molar-refractivity contribution in [1.82, 2.24) is 0 Å². The minimum atomic E-state index is -0.0917. The van der Waals surface area contributed by atoms with Gasteiger partial charge in [0.2, 0.25) is 0 Å². The molecule has 2 rings (SSSR count). The predicted octanol–water partition coefficient (Wildman–Crippen LogP) is 2.79. The molecule has 3 heteroatoms. The number of ketones is 1. The summed E-state index contributed by atoms with van der Waals surface area (Å²) in [5.74, 6) is 0.0580. The maximum atomic E-state index is 11.7. The van der Waals surface area contributed by atoms with Crippen molar-refractivity contribution in [3.63, 3.8) is 0 Å². The molecule has 0 heterocycles. The smallest absolute Gasteiger partial charge is 0.188 e. The van der Waals surface area contributed by atoms with Crippen LogP contribution >= 0.6 is 0 Å². The molecule has 0 aliphatic carbocycles. The number of benzene rings is 2. The number of Topliss-reactive ketones (excluding diaryl/α,β-unsaturated/α-hetero) is 1. The fourth-order valence-corrected chi connectivity index (χ4v) is 1.57. The minimum absolute atomic E-state index is 0.0413. The van der Waals surface area contributed by atoms with Crippen LogP contribution in [0.2, 0.25) is 0 Å². The van der Waals surface area contributed by atoms with Crippen molar-refractivity contribution < 1.29 is 14.6 Å². The van der Waals surface area contributed by atoms with E-state index in [4.69, 9.17) is 9.84 Å². The third kappa shape index (κ3) is 3.43. The molecule has 2 aromatic rings. The van der Waals surface area contributed by atoms with Crippen LogP contribution in [0.15, 0.2) is 54.6 Å². The standard InChI is InChI=1S/C15H14O3/c16-14-8-6-13(7-9-14)15(17)11-18-10-12-4-2-1-3-5-12/h1-9,16H,10-11H2. The van der Waals surface area contributed by atoms with E-state index in [9.17, 15) is 4.79 Å². The van der Waals surface area contributed by atoms with E-state index >= 15 is 0 Å². The number of carbonyl (C=O) groups excluding carboxylic acids is 1. The van der Waals surface area contributed by atoms with Crippen molar-refractivity contribution in [2.24, 2.45) is 0 Å². The Kier molecular flexibility index (Phi) is 4.10. The average molecular weight is 242 g/mol. The first-order valence-corrected chi connectivity index (χ1v) is 5.69. The van der Waals surface area contributed by atoms with Crippen LogP contribution < -0.4 is 0 Å². The number of ether oxygens (including phenoxy) is 1. The molecule has 0 atom stereocenters. The van der Waals surface area contributed by atoms with E-state index < -0.39 is 0 Å². The van der Waals surface area contributed by atoms with Crippen molar-refractivity contribution in [3.8, 4) is 5.75 Å². The fourth-order valence-electron chi connectivity index (χ4n) is 1.57. The molecular weight excluding hydrogens is 228 g/mol. The normalized spacial score (nSPS) is 10.2. The molecule has 0 spiro atoms. The van der Waals surface area contributed by atoms with Gasteiger partial charge >= 0.3 is 0 Å². The second-order valence-corrected chi connectivity index (χ2v) is 3.95. The first kappa shape index (κ1) is 12.3. The summed E-state index contributed by atoms with van der Waals surface area (Å²) in [6, 6.07) is 15.9. The van der Waals surface area contributed by atoms with Gasteiger partial charge in [0.25, 0.3) is 0 Å². The Bertz CT molecular complexity index is 503. The van der Waals surface area contributed by atoms with Gasteiger partial charge in [0.05, 0.1) is 6.61 Å². The molecule has 0 aliphatic heterocycles. The number of hydrogen-bond donors (Lipinski definition) is 1. The summed E-state index contributed by atoms with van der Waals surface area (Å²) in [4.78, 5) is 11.7. The van der Waals surface area contributed by atoms with Gasteiger partial charge in [-0.3, -0.25) is 4.79 Å². The van der Waals surface area contributed by atoms with Crippen LogP contribution in [0.3, 0.4) is 0 Å². The quantitative estimate of drug-likeness (QED) is 0.820. The third-order valence-electron chi connectivity index (χ3n) is 2.53. The topological polar surface area (TPSA) is 46.5 Å². The van der Waals surface area contributed by atoms with E-state index in [0.717, 1.165) is 5.56 Å². The number of hydrogen-bond acceptors (Lipinski definition) is 3. The average Bonchev–Trinajstić information content (AvgIpc) is 2.40. The molecule has 2 aromatic carbocycles. The van der Waals surface area contributed by atoms with E-state index in [0.29, 0.717) is 12.2 Å². The Morgan fingerprint density at radius 3 is 2.33 bits per heavy atom. The molecule has 0 aliphatic rings. The van der Waals surface area contributed by atoms with Crippen LogP contribution in [0.4, 0.5) is 0 Å².